The third-order valence-electron chi connectivity index (χ3n) is 23.1. The second-order valence-corrected chi connectivity index (χ2v) is 33.6. The van der Waals surface area contributed by atoms with Gasteiger partial charge in [-0.05, 0) is 186 Å². The molecule has 0 atom stereocenters. The van der Waals surface area contributed by atoms with Crippen LogP contribution in [0.15, 0.2) is 309 Å². The van der Waals surface area contributed by atoms with Crippen LogP contribution in [0.1, 0.15) is 128 Å². The Labute approximate surface area is 616 Å². The molecule has 2 nitrogen and oxygen atoms in total. The summed E-state index contributed by atoms with van der Waals surface area (Å²) in [5, 5.41) is 0. The van der Waals surface area contributed by atoms with E-state index in [9.17, 15) is 0 Å². The predicted octanol–water partition coefficient (Wildman–Crippen LogP) is 25.3. The van der Waals surface area contributed by atoms with E-state index in [0.29, 0.717) is 0 Å². The number of nitrogens with zero attached hydrogens (tertiary/aromatic N) is 2. The van der Waals surface area contributed by atoms with Crippen LogP contribution in [0.2, 0.25) is 0 Å². The Morgan fingerprint density at radius 2 is 0.596 bits per heavy atom. The topological polar surface area (TPSA) is 6.48 Å². The van der Waals surface area contributed by atoms with Gasteiger partial charge in [0.15, 0.2) is 0 Å². The Balaban J connectivity index is 1.02. The van der Waals surface area contributed by atoms with Crippen molar-refractivity contribution < 1.29 is 0 Å². The lowest BCUT2D eigenvalue weighted by atomic mass is 9.33. The quantitative estimate of drug-likeness (QED) is 0.140. The maximum atomic E-state index is 2.77. The third-order valence-corrected chi connectivity index (χ3v) is 23.1. The highest BCUT2D eigenvalue weighted by atomic mass is 15.2. The van der Waals surface area contributed by atoms with Gasteiger partial charge in [0.1, 0.15) is 0 Å². The van der Waals surface area contributed by atoms with E-state index in [1.54, 1.807) is 0 Å². The molecule has 0 bridgehead atoms. The standard InChI is InChI=1S/C101H87BN2/c1-97(2,3)71-55-70(56-72(59-71)98(4,5)6)68-52-54-89-88(57-68)102-87-53-51-69(75-44-31-47-81-80-43-27-30-50-86(80)101(93(75)81)84-48-28-25-41-78(84)79-42-26-29-49-85(79)101)58-90(87)104(96-82(66-37-21-15-22-38-66)60-73(99(7,8)9)61-83(96)67-39-23-16-24-40-67)92-63-74(100(10,11)12)62-91(94(92)102)103(89)95-76(64-33-17-13-18-34-64)45-32-46-77(95)65-35-19-14-20-36-65/h13-63H,1-12H3. The fourth-order valence-electron chi connectivity index (χ4n) is 17.8. The SMILES string of the molecule is CC(C)(C)c1cc(-c2ccc3c(c2)B2c4ccc(-c5cccc6c5C5(c7ccccc7-c7ccccc75)c5ccccc5-6)cc4N(c4c(-c5ccccc5)cc(C(C)(C)C)cc4-c4ccccc4)c4cc(C(C)(C)C)cc(c42)N3c2c(-c3ccccc3)cccc2-c2ccccc2)cc(C(C)(C)C)c1. The maximum Gasteiger partial charge on any atom is 0.252 e. The molecular weight excluding hydrogens is 1250 g/mol. The minimum Gasteiger partial charge on any atom is -0.310 e. The first-order chi connectivity index (χ1) is 50.1. The van der Waals surface area contributed by atoms with Crippen LogP contribution >= 0.6 is 0 Å². The molecule has 14 aromatic carbocycles. The summed E-state index contributed by atoms with van der Waals surface area (Å²) in [7, 11) is 0. The Morgan fingerprint density at radius 1 is 0.231 bits per heavy atom. The molecule has 18 rings (SSSR count). The second kappa shape index (κ2) is 23.9. The minimum atomic E-state index is -0.577. The number of fused-ring (bicyclic) bond motifs is 14. The van der Waals surface area contributed by atoms with Crippen LogP contribution in [0.3, 0.4) is 0 Å². The van der Waals surface area contributed by atoms with E-state index in [0.717, 1.165) is 28.2 Å². The first-order valence-corrected chi connectivity index (χ1v) is 37.3. The van der Waals surface area contributed by atoms with Gasteiger partial charge in [0, 0.05) is 45.0 Å². The van der Waals surface area contributed by atoms with Gasteiger partial charge in [0.25, 0.3) is 6.71 Å². The van der Waals surface area contributed by atoms with Gasteiger partial charge in [0.2, 0.25) is 0 Å². The Kier molecular flexibility index (Phi) is 14.9. The number of anilines is 6. The number of para-hydroxylation sites is 1. The molecule has 0 saturated heterocycles. The van der Waals surface area contributed by atoms with Gasteiger partial charge in [-0.15, -0.1) is 0 Å². The van der Waals surface area contributed by atoms with Crippen molar-refractivity contribution in [2.45, 2.75) is 110 Å². The highest BCUT2D eigenvalue weighted by molar-refractivity contribution is 7.00. The molecule has 2 heterocycles. The van der Waals surface area contributed by atoms with Gasteiger partial charge >= 0.3 is 0 Å². The summed E-state index contributed by atoms with van der Waals surface area (Å²) in [6.45, 7) is 28.2. The van der Waals surface area contributed by atoms with Crippen LogP contribution in [0, 0.1) is 0 Å². The average Bonchev–Trinajstić information content (AvgIpc) is 1.42. The summed E-state index contributed by atoms with van der Waals surface area (Å²) in [4.78, 5) is 5.48. The van der Waals surface area contributed by atoms with Crippen LogP contribution in [0.5, 0.6) is 0 Å². The normalized spacial score (nSPS) is 13.8. The molecule has 2 aliphatic heterocycles. The van der Waals surface area contributed by atoms with Crippen LogP contribution in [0.4, 0.5) is 34.1 Å². The average molecular weight is 1340 g/mol. The van der Waals surface area contributed by atoms with Crippen LogP contribution in [-0.2, 0) is 27.1 Å². The van der Waals surface area contributed by atoms with Crippen molar-refractivity contribution >= 4 is 57.2 Å². The van der Waals surface area contributed by atoms with E-state index in [1.165, 1.54) is 156 Å². The molecule has 2 aliphatic carbocycles. The highest BCUT2D eigenvalue weighted by Crippen LogP contribution is 2.65. The molecule has 0 fully saturated rings. The number of benzene rings is 14. The number of hydrogen-bond acceptors (Lipinski definition) is 2. The van der Waals surface area contributed by atoms with Gasteiger partial charge in [-0.1, -0.05) is 356 Å². The second-order valence-electron chi connectivity index (χ2n) is 33.6. The summed E-state index contributed by atoms with van der Waals surface area (Å²) in [6.07, 6.45) is 0. The molecule has 0 aromatic heterocycles. The fraction of sp³-hybridized carbons (Fsp3) is 0.168. The van der Waals surface area contributed by atoms with Crippen molar-refractivity contribution in [3.05, 3.63) is 354 Å². The van der Waals surface area contributed by atoms with Gasteiger partial charge < -0.3 is 9.80 Å². The monoisotopic (exact) mass is 1340 g/mol. The lowest BCUT2D eigenvalue weighted by Crippen LogP contribution is -2.61. The van der Waals surface area contributed by atoms with E-state index in [-0.39, 0.29) is 28.4 Å². The molecule has 0 radical (unpaired) electrons. The van der Waals surface area contributed by atoms with Gasteiger partial charge in [0.05, 0.1) is 16.8 Å². The Bertz CT molecular complexity index is 5560. The highest BCUT2D eigenvalue weighted by Gasteiger charge is 2.53. The van der Waals surface area contributed by atoms with E-state index in [2.05, 4.69) is 402 Å². The van der Waals surface area contributed by atoms with Crippen molar-refractivity contribution in [3.63, 3.8) is 0 Å². The van der Waals surface area contributed by atoms with Crippen LogP contribution in [0.25, 0.3) is 89.0 Å². The van der Waals surface area contributed by atoms with Gasteiger partial charge in [-0.3, -0.25) is 0 Å². The van der Waals surface area contributed by atoms with E-state index < -0.39 is 5.41 Å². The minimum absolute atomic E-state index is 0.0911. The number of hydrogen-bond donors (Lipinski definition) is 0. The zero-order valence-corrected chi connectivity index (χ0v) is 61.9. The molecule has 0 saturated carbocycles. The van der Waals surface area contributed by atoms with Crippen LogP contribution in [-0.4, -0.2) is 6.71 Å². The van der Waals surface area contributed by atoms with E-state index in [1.807, 2.05) is 0 Å². The summed E-state index contributed by atoms with van der Waals surface area (Å²) >= 11 is 0. The van der Waals surface area contributed by atoms with Gasteiger partial charge in [-0.25, -0.2) is 0 Å². The smallest absolute Gasteiger partial charge is 0.252 e. The van der Waals surface area contributed by atoms with Crippen molar-refractivity contribution in [2.24, 2.45) is 0 Å². The molecule has 14 aromatic rings. The first-order valence-electron chi connectivity index (χ1n) is 37.3. The van der Waals surface area contributed by atoms with Crippen molar-refractivity contribution in [1.29, 1.82) is 0 Å². The fourth-order valence-corrected chi connectivity index (χ4v) is 17.8. The predicted molar refractivity (Wildman–Crippen MR) is 444 cm³/mol. The maximum absolute atomic E-state index is 2.77. The Hall–Kier alpha value is -11.3. The lowest BCUT2D eigenvalue weighted by molar-refractivity contribution is 0.569. The Morgan fingerprint density at radius 3 is 1.07 bits per heavy atom. The van der Waals surface area contributed by atoms with Crippen molar-refractivity contribution in [1.82, 2.24) is 0 Å². The largest absolute Gasteiger partial charge is 0.310 e. The van der Waals surface area contributed by atoms with E-state index >= 15 is 0 Å². The lowest BCUT2D eigenvalue weighted by Gasteiger charge is -2.46. The number of rotatable bonds is 8. The summed E-state index contributed by atoms with van der Waals surface area (Å²) < 4.78 is 0. The molecule has 0 N–H and O–H groups in total. The molecular formula is C101H87BN2. The summed E-state index contributed by atoms with van der Waals surface area (Å²) in [5.74, 6) is 0. The van der Waals surface area contributed by atoms with E-state index in [4.69, 9.17) is 0 Å². The van der Waals surface area contributed by atoms with Crippen LogP contribution < -0.4 is 26.2 Å². The molecule has 104 heavy (non-hydrogen) atoms. The molecule has 3 heteroatoms. The molecule has 0 unspecified atom stereocenters. The van der Waals surface area contributed by atoms with Crippen molar-refractivity contribution in [2.75, 3.05) is 9.80 Å². The summed E-state index contributed by atoms with van der Waals surface area (Å²) in [5.41, 5.74) is 39.4. The zero-order valence-electron chi connectivity index (χ0n) is 61.9. The third kappa shape index (κ3) is 10.2. The molecule has 504 valence electrons. The molecule has 0 amide bonds. The summed E-state index contributed by atoms with van der Waals surface area (Å²) in [6, 6.07) is 119. The van der Waals surface area contributed by atoms with Crippen molar-refractivity contribution in [3.8, 4) is 89.0 Å². The van der Waals surface area contributed by atoms with Gasteiger partial charge in [-0.2, -0.15) is 0 Å². The molecule has 1 spiro atoms. The molecule has 4 aliphatic rings. The zero-order chi connectivity index (χ0) is 71.3. The first kappa shape index (κ1) is 64.8.